The van der Waals surface area contributed by atoms with E-state index in [9.17, 15) is 9.59 Å². The largest absolute Gasteiger partial charge is 0.480 e. The zero-order chi connectivity index (χ0) is 10.8. The molecule has 1 saturated heterocycles. The third-order valence-electron chi connectivity index (χ3n) is 2.57. The first-order valence-corrected chi connectivity index (χ1v) is 4.53. The molecule has 0 aliphatic carbocycles. The van der Waals surface area contributed by atoms with Gasteiger partial charge in [0.15, 0.2) is 5.41 Å². The Bertz CT molecular complexity index is 243. The minimum atomic E-state index is -1.26. The fourth-order valence-corrected chi connectivity index (χ4v) is 1.67. The van der Waals surface area contributed by atoms with Gasteiger partial charge in [0.1, 0.15) is 0 Å². The molecule has 0 bridgehead atoms. The van der Waals surface area contributed by atoms with Crippen LogP contribution in [-0.4, -0.2) is 49.2 Å². The Labute approximate surface area is 82.6 Å². The molecule has 1 aliphatic heterocycles. The van der Waals surface area contributed by atoms with Crippen LogP contribution in [0, 0.1) is 5.41 Å². The van der Waals surface area contributed by atoms with Crippen molar-refractivity contribution in [3.63, 3.8) is 0 Å². The number of aliphatic carboxylic acids is 1. The zero-order valence-electron chi connectivity index (χ0n) is 8.45. The smallest absolute Gasteiger partial charge is 0.319 e. The number of nitrogens with zero attached hydrogens (tertiary/aromatic N) is 1. The molecule has 0 spiro atoms. The molecule has 0 aromatic heterocycles. The summed E-state index contributed by atoms with van der Waals surface area (Å²) in [5.74, 6) is -1.38. The Hall–Kier alpha value is -1.10. The molecule has 1 rings (SSSR count). The summed E-state index contributed by atoms with van der Waals surface area (Å²) in [6.07, 6.45) is 0.526. The van der Waals surface area contributed by atoms with Crippen LogP contribution < -0.4 is 0 Å². The summed E-state index contributed by atoms with van der Waals surface area (Å²) in [5, 5.41) is 9.10. The first-order chi connectivity index (χ1) is 6.50. The van der Waals surface area contributed by atoms with E-state index in [1.165, 1.54) is 4.90 Å². The zero-order valence-corrected chi connectivity index (χ0v) is 8.45. The van der Waals surface area contributed by atoms with Crippen LogP contribution in [0.3, 0.4) is 0 Å². The molecule has 1 N–H and O–H groups in total. The molecule has 0 aromatic carbocycles. The molecule has 1 fully saturated rings. The van der Waals surface area contributed by atoms with Gasteiger partial charge in [0.2, 0.25) is 5.91 Å². The number of carboxylic acid groups (broad SMARTS) is 1. The Morgan fingerprint density at radius 2 is 1.79 bits per heavy atom. The molecule has 14 heavy (non-hydrogen) atoms. The van der Waals surface area contributed by atoms with Crippen LogP contribution in [0.2, 0.25) is 0 Å². The van der Waals surface area contributed by atoms with Gasteiger partial charge in [-0.3, -0.25) is 9.59 Å². The van der Waals surface area contributed by atoms with Gasteiger partial charge in [-0.15, -0.1) is 0 Å². The van der Waals surface area contributed by atoms with E-state index in [1.807, 2.05) is 0 Å². The lowest BCUT2D eigenvalue weighted by atomic mass is 9.79. The van der Waals surface area contributed by atoms with Gasteiger partial charge in [-0.25, -0.2) is 0 Å². The molecule has 5 nitrogen and oxygen atoms in total. The number of hydrogen-bond acceptors (Lipinski definition) is 3. The fraction of sp³-hybridized carbons (Fsp3) is 0.778. The standard InChI is InChI=1S/C9H15NO4/c1-10(2)7(11)9(8(12)13)3-5-14-6-4-9/h3-6H2,1-2H3,(H,12,13). The van der Waals surface area contributed by atoms with Gasteiger partial charge in [-0.05, 0) is 12.8 Å². The van der Waals surface area contributed by atoms with Crippen LogP contribution in [0.15, 0.2) is 0 Å². The van der Waals surface area contributed by atoms with E-state index in [-0.39, 0.29) is 18.7 Å². The van der Waals surface area contributed by atoms with E-state index >= 15 is 0 Å². The van der Waals surface area contributed by atoms with Crippen LogP contribution in [-0.2, 0) is 14.3 Å². The number of rotatable bonds is 2. The minimum absolute atomic E-state index is 0.263. The number of carboxylic acids is 1. The van der Waals surface area contributed by atoms with Crippen molar-refractivity contribution in [2.24, 2.45) is 5.41 Å². The molecular weight excluding hydrogens is 186 g/mol. The van der Waals surface area contributed by atoms with E-state index < -0.39 is 11.4 Å². The van der Waals surface area contributed by atoms with Crippen molar-refractivity contribution in [2.75, 3.05) is 27.3 Å². The second kappa shape index (κ2) is 3.96. The molecule has 0 aromatic rings. The van der Waals surface area contributed by atoms with Crippen LogP contribution in [0.4, 0.5) is 0 Å². The normalized spacial score (nSPS) is 20.1. The predicted octanol–water partition coefficient (Wildman–Crippen LogP) is -0.0440. The Morgan fingerprint density at radius 1 is 1.29 bits per heavy atom. The first kappa shape index (κ1) is 11.0. The van der Waals surface area contributed by atoms with Gasteiger partial charge >= 0.3 is 5.97 Å². The average molecular weight is 201 g/mol. The van der Waals surface area contributed by atoms with Crippen molar-refractivity contribution >= 4 is 11.9 Å². The lowest BCUT2D eigenvalue weighted by molar-refractivity contribution is -0.166. The number of carbonyl (C=O) groups excluding carboxylic acids is 1. The van der Waals surface area contributed by atoms with Gasteiger partial charge in [-0.1, -0.05) is 0 Å². The van der Waals surface area contributed by atoms with Gasteiger partial charge in [0, 0.05) is 27.3 Å². The quantitative estimate of drug-likeness (QED) is 0.636. The highest BCUT2D eigenvalue weighted by Crippen LogP contribution is 2.32. The molecule has 1 heterocycles. The van der Waals surface area contributed by atoms with E-state index in [0.717, 1.165) is 0 Å². The maximum atomic E-state index is 11.8. The molecule has 5 heteroatoms. The van der Waals surface area contributed by atoms with E-state index in [1.54, 1.807) is 14.1 Å². The monoisotopic (exact) mass is 201 g/mol. The van der Waals surface area contributed by atoms with E-state index in [2.05, 4.69) is 0 Å². The number of hydrogen-bond donors (Lipinski definition) is 1. The Balaban J connectivity index is 2.91. The summed E-state index contributed by atoms with van der Waals surface area (Å²) in [6.45, 7) is 0.678. The summed E-state index contributed by atoms with van der Waals surface area (Å²) in [4.78, 5) is 24.2. The lowest BCUT2D eigenvalue weighted by Gasteiger charge is -2.33. The SMILES string of the molecule is CN(C)C(=O)C1(C(=O)O)CCOCC1. The molecule has 1 aliphatic rings. The molecule has 1 amide bonds. The second-order valence-corrected chi connectivity index (χ2v) is 3.70. The van der Waals surface area contributed by atoms with Crippen molar-refractivity contribution in [2.45, 2.75) is 12.8 Å². The fourth-order valence-electron chi connectivity index (χ4n) is 1.67. The summed E-state index contributed by atoms with van der Waals surface area (Å²) >= 11 is 0. The summed E-state index contributed by atoms with van der Waals surface area (Å²) in [5.41, 5.74) is -1.26. The van der Waals surface area contributed by atoms with Gasteiger partial charge in [0.05, 0.1) is 0 Å². The highest BCUT2D eigenvalue weighted by Gasteiger charge is 2.48. The summed E-state index contributed by atoms with van der Waals surface area (Å²) < 4.78 is 5.07. The average Bonchev–Trinajstić information content (AvgIpc) is 2.17. The van der Waals surface area contributed by atoms with Crippen molar-refractivity contribution in [3.8, 4) is 0 Å². The summed E-state index contributed by atoms with van der Waals surface area (Å²) in [6, 6.07) is 0. The first-order valence-electron chi connectivity index (χ1n) is 4.53. The Kier molecular flexibility index (Phi) is 3.10. The second-order valence-electron chi connectivity index (χ2n) is 3.70. The van der Waals surface area contributed by atoms with Crippen molar-refractivity contribution < 1.29 is 19.4 Å². The van der Waals surface area contributed by atoms with Crippen LogP contribution >= 0.6 is 0 Å². The molecule has 0 saturated carbocycles. The molecule has 0 radical (unpaired) electrons. The van der Waals surface area contributed by atoms with E-state index in [4.69, 9.17) is 9.84 Å². The highest BCUT2D eigenvalue weighted by atomic mass is 16.5. The van der Waals surface area contributed by atoms with Gasteiger partial charge in [0.25, 0.3) is 0 Å². The number of ether oxygens (including phenoxy) is 1. The maximum absolute atomic E-state index is 11.8. The molecular formula is C9H15NO4. The summed E-state index contributed by atoms with van der Waals surface area (Å²) in [7, 11) is 3.14. The van der Waals surface area contributed by atoms with Crippen LogP contribution in [0.5, 0.6) is 0 Å². The molecule has 0 unspecified atom stereocenters. The third-order valence-corrected chi connectivity index (χ3v) is 2.57. The van der Waals surface area contributed by atoms with Gasteiger partial charge in [-0.2, -0.15) is 0 Å². The van der Waals surface area contributed by atoms with Crippen molar-refractivity contribution in [1.29, 1.82) is 0 Å². The molecule has 0 atom stereocenters. The molecule has 80 valence electrons. The van der Waals surface area contributed by atoms with E-state index in [0.29, 0.717) is 13.2 Å². The van der Waals surface area contributed by atoms with Crippen LogP contribution in [0.25, 0.3) is 0 Å². The lowest BCUT2D eigenvalue weighted by Crippen LogP contribution is -2.49. The minimum Gasteiger partial charge on any atom is -0.480 e. The maximum Gasteiger partial charge on any atom is 0.319 e. The third kappa shape index (κ3) is 1.72. The highest BCUT2D eigenvalue weighted by molar-refractivity contribution is 6.01. The Morgan fingerprint density at radius 3 is 2.14 bits per heavy atom. The topological polar surface area (TPSA) is 66.8 Å². The van der Waals surface area contributed by atoms with Gasteiger partial charge < -0.3 is 14.7 Å². The van der Waals surface area contributed by atoms with Crippen molar-refractivity contribution in [3.05, 3.63) is 0 Å². The predicted molar refractivity (Wildman–Crippen MR) is 48.8 cm³/mol. The number of amides is 1. The number of carbonyl (C=O) groups is 2. The van der Waals surface area contributed by atoms with Crippen molar-refractivity contribution in [1.82, 2.24) is 4.90 Å². The van der Waals surface area contributed by atoms with Crippen LogP contribution in [0.1, 0.15) is 12.8 Å².